The second-order valence-corrected chi connectivity index (χ2v) is 14.3. The molecule has 6 aliphatic rings. The Bertz CT molecular complexity index is 2120. The highest BCUT2D eigenvalue weighted by Gasteiger charge is 2.41. The van der Waals surface area contributed by atoms with E-state index < -0.39 is 0 Å². The van der Waals surface area contributed by atoms with E-state index in [1.165, 1.54) is 19.2 Å². The van der Waals surface area contributed by atoms with Crippen molar-refractivity contribution in [1.29, 1.82) is 0 Å². The number of hydrogen-bond acceptors (Lipinski definition) is 10. The van der Waals surface area contributed by atoms with E-state index in [0.29, 0.717) is 24.4 Å². The molecule has 1 aliphatic carbocycles. The number of aliphatic hydroxyl groups excluding tert-OH is 1. The fourth-order valence-corrected chi connectivity index (χ4v) is 8.54. The van der Waals surface area contributed by atoms with Crippen molar-refractivity contribution in [2.75, 3.05) is 12.9 Å². The van der Waals surface area contributed by atoms with Crippen LogP contribution in [-0.2, 0) is 9.53 Å². The summed E-state index contributed by atoms with van der Waals surface area (Å²) in [5.41, 5.74) is 13.9. The van der Waals surface area contributed by atoms with Crippen molar-refractivity contribution in [3.05, 3.63) is 126 Å². The number of nitro benzene ring substituents is 1. The average molecular weight is 690 g/mol. The van der Waals surface area contributed by atoms with Crippen molar-refractivity contribution in [2.45, 2.75) is 65.2 Å². The zero-order valence-corrected chi connectivity index (χ0v) is 29.8. The minimum Gasteiger partial charge on any atom is -0.511 e. The van der Waals surface area contributed by atoms with Crippen LogP contribution in [0.2, 0.25) is 0 Å². The molecule has 2 atom stereocenters. The monoisotopic (exact) mass is 689 g/mol. The first-order chi connectivity index (χ1) is 24.0. The number of aliphatic hydroxyl groups is 1. The van der Waals surface area contributed by atoms with Crippen LogP contribution >= 0.6 is 11.8 Å². The number of methoxy groups -OCH3 is 1. The molecule has 50 heavy (non-hydrogen) atoms. The fourth-order valence-electron chi connectivity index (χ4n) is 7.54. The van der Waals surface area contributed by atoms with Crippen molar-refractivity contribution in [3.8, 4) is 0 Å². The van der Waals surface area contributed by atoms with Crippen LogP contribution in [0.4, 0.5) is 5.69 Å². The van der Waals surface area contributed by atoms with E-state index >= 15 is 0 Å². The first-order valence-electron chi connectivity index (χ1n) is 16.9. The van der Waals surface area contributed by atoms with Crippen LogP contribution in [0, 0.1) is 22.0 Å². The summed E-state index contributed by atoms with van der Waals surface area (Å²) in [6.07, 6.45) is 8.22. The Balaban J connectivity index is 1.37. The van der Waals surface area contributed by atoms with E-state index in [-0.39, 0.29) is 34.8 Å². The van der Waals surface area contributed by atoms with Crippen LogP contribution < -0.4 is 5.32 Å². The van der Waals surface area contributed by atoms with Crippen molar-refractivity contribution >= 4 is 40.6 Å². The molecular weight excluding hydrogens is 651 g/mol. The minimum absolute atomic E-state index is 0.0269. The number of fused-ring (bicyclic) bond motifs is 5. The van der Waals surface area contributed by atoms with Gasteiger partial charge in [-0.15, -0.1) is 11.8 Å². The number of esters is 1. The number of non-ortho nitro benzene ring substituents is 1. The maximum Gasteiger partial charge on any atom is 0.305 e. The van der Waals surface area contributed by atoms with Gasteiger partial charge in [0.1, 0.15) is 5.76 Å². The van der Waals surface area contributed by atoms with Crippen LogP contribution in [-0.4, -0.2) is 46.0 Å². The fraction of sp³-hybridized carbons (Fsp3) is 0.333. The number of allylic oxidation sites excluding steroid dienone is 12. The van der Waals surface area contributed by atoms with Crippen LogP contribution in [0.25, 0.3) is 0 Å². The number of benzene rings is 1. The average Bonchev–Trinajstić information content (AvgIpc) is 3.85. The summed E-state index contributed by atoms with van der Waals surface area (Å²) >= 11 is 1.61. The molecule has 1 aromatic carbocycles. The predicted molar refractivity (Wildman–Crippen MR) is 197 cm³/mol. The van der Waals surface area contributed by atoms with Gasteiger partial charge in [0.05, 0.1) is 46.3 Å². The zero-order chi connectivity index (χ0) is 35.4. The van der Waals surface area contributed by atoms with E-state index in [1.54, 1.807) is 23.9 Å². The molecule has 1 fully saturated rings. The van der Waals surface area contributed by atoms with Crippen LogP contribution in [0.3, 0.4) is 0 Å². The van der Waals surface area contributed by atoms with Gasteiger partial charge in [0, 0.05) is 70.0 Å². The number of ether oxygens (including phenoxy) is 1. The maximum absolute atomic E-state index is 12.3. The van der Waals surface area contributed by atoms with E-state index in [0.717, 1.165) is 95.9 Å². The molecule has 256 valence electrons. The molecule has 0 aromatic heterocycles. The maximum atomic E-state index is 12.3. The Labute approximate surface area is 295 Å². The molecule has 10 nitrogen and oxygen atoms in total. The number of nitro groups is 1. The highest BCUT2D eigenvalue weighted by atomic mass is 32.2. The normalized spacial score (nSPS) is 22.5. The van der Waals surface area contributed by atoms with Crippen molar-refractivity contribution in [3.63, 3.8) is 0 Å². The first-order valence-corrected chi connectivity index (χ1v) is 17.9. The molecular formula is C39H39N5O5S. The smallest absolute Gasteiger partial charge is 0.305 e. The zero-order valence-electron chi connectivity index (χ0n) is 29.0. The summed E-state index contributed by atoms with van der Waals surface area (Å²) in [5.74, 6) is 0.658. The minimum atomic E-state index is -0.390. The third-order valence-electron chi connectivity index (χ3n) is 10.5. The van der Waals surface area contributed by atoms with Gasteiger partial charge in [-0.2, -0.15) is 0 Å². The van der Waals surface area contributed by atoms with Gasteiger partial charge in [-0.1, -0.05) is 13.8 Å². The van der Waals surface area contributed by atoms with Crippen molar-refractivity contribution in [2.24, 2.45) is 26.8 Å². The van der Waals surface area contributed by atoms with Gasteiger partial charge in [0.2, 0.25) is 0 Å². The number of nitrogens with zero attached hydrogens (tertiary/aromatic N) is 4. The van der Waals surface area contributed by atoms with Crippen LogP contribution in [0.1, 0.15) is 60.3 Å². The Morgan fingerprint density at radius 2 is 1.70 bits per heavy atom. The number of carbonyl (C=O) groups is 1. The number of nitrogens with one attached hydrogen (secondary N) is 1. The van der Waals surface area contributed by atoms with Gasteiger partial charge in [-0.05, 0) is 91.8 Å². The molecule has 1 saturated heterocycles. The second kappa shape index (κ2) is 13.0. The number of hydrogen-bond donors (Lipinski definition) is 2. The Morgan fingerprint density at radius 3 is 2.38 bits per heavy atom. The van der Waals surface area contributed by atoms with Crippen molar-refractivity contribution < 1.29 is 19.6 Å². The van der Waals surface area contributed by atoms with Gasteiger partial charge >= 0.3 is 5.97 Å². The molecule has 0 amide bonds. The van der Waals surface area contributed by atoms with E-state index in [9.17, 15) is 20.0 Å². The third-order valence-corrected chi connectivity index (χ3v) is 11.5. The molecule has 11 heteroatoms. The lowest BCUT2D eigenvalue weighted by Crippen LogP contribution is -2.16. The summed E-state index contributed by atoms with van der Waals surface area (Å²) in [6, 6.07) is 6.62. The lowest BCUT2D eigenvalue weighted by atomic mass is 9.86. The largest absolute Gasteiger partial charge is 0.511 e. The number of rotatable bonds is 8. The highest BCUT2D eigenvalue weighted by Crippen LogP contribution is 2.46. The highest BCUT2D eigenvalue weighted by molar-refractivity contribution is 7.99. The standard InChI is InChI=1S/C39H39N5O5S/c1-7-25-19(2)30-16-34-28(18-50-24-10-8-23(9-11-24)44(47)48)21(4)29(41-34)15-31-20(3)26(12-13-36(46)49-6)38(42-31)27-14-35(45)37-22(5)32(43-39(27)37)17-33(25)40-30/h8-11,15-17,20,26,42,45H,7,12-14,18H2,1-6H3/t20-,26-/m0/s1. The van der Waals surface area contributed by atoms with Gasteiger partial charge < -0.3 is 15.2 Å². The van der Waals surface area contributed by atoms with E-state index in [4.69, 9.17) is 19.7 Å². The molecule has 5 heterocycles. The van der Waals surface area contributed by atoms with E-state index in [2.05, 4.69) is 45.2 Å². The van der Waals surface area contributed by atoms with Gasteiger partial charge in [-0.3, -0.25) is 14.9 Å². The molecule has 0 saturated carbocycles. The first kappa shape index (κ1) is 33.5. The quantitative estimate of drug-likeness (QED) is 0.121. The number of aliphatic imine (C=N–C) groups is 3. The molecule has 0 unspecified atom stereocenters. The molecule has 7 rings (SSSR count). The van der Waals surface area contributed by atoms with Crippen molar-refractivity contribution in [1.82, 2.24) is 5.32 Å². The third kappa shape index (κ3) is 5.73. The molecule has 2 N–H and O–H groups in total. The lowest BCUT2D eigenvalue weighted by molar-refractivity contribution is -0.384. The summed E-state index contributed by atoms with van der Waals surface area (Å²) in [7, 11) is 1.41. The summed E-state index contributed by atoms with van der Waals surface area (Å²) in [6.45, 7) is 10.5. The number of carbonyl (C=O) groups excluding carboxylic acids is 1. The Morgan fingerprint density at radius 1 is 1.02 bits per heavy atom. The van der Waals surface area contributed by atoms with Crippen LogP contribution in [0.5, 0.6) is 0 Å². The lowest BCUT2D eigenvalue weighted by Gasteiger charge is -2.17. The summed E-state index contributed by atoms with van der Waals surface area (Å²) in [5, 5.41) is 26.2. The van der Waals surface area contributed by atoms with E-state index in [1.807, 2.05) is 13.0 Å². The van der Waals surface area contributed by atoms with Crippen LogP contribution in [0.15, 0.2) is 136 Å². The second-order valence-electron chi connectivity index (χ2n) is 13.2. The van der Waals surface area contributed by atoms with Gasteiger partial charge in [0.15, 0.2) is 0 Å². The van der Waals surface area contributed by atoms with Gasteiger partial charge in [0.25, 0.3) is 5.69 Å². The Kier molecular flexibility index (Phi) is 8.71. The Hall–Kier alpha value is -5.03. The molecule has 5 aliphatic heterocycles. The molecule has 1 aromatic rings. The number of thioether (sulfide) groups is 1. The summed E-state index contributed by atoms with van der Waals surface area (Å²) in [4.78, 5) is 39.5. The summed E-state index contributed by atoms with van der Waals surface area (Å²) < 4.78 is 5.01. The topological polar surface area (TPSA) is 139 Å². The predicted octanol–water partition coefficient (Wildman–Crippen LogP) is 8.31. The molecule has 8 bridgehead atoms. The molecule has 0 radical (unpaired) electrons. The van der Waals surface area contributed by atoms with Gasteiger partial charge in [-0.25, -0.2) is 15.0 Å². The molecule has 0 spiro atoms. The SMILES string of the molecule is CCC1=C(C)C2=NC1=CC1=C(C)C3=C(O)CC(=C4NC(=CC5=NC(=C2)C(CSc2ccc([N+](=O)[O-])cc2)=C5C)[C@@H](C)[C@@H]4CCC(=O)OC)C3=N1.